The molecule has 1 aromatic carbocycles. The van der Waals surface area contributed by atoms with E-state index in [9.17, 15) is 9.18 Å². The summed E-state index contributed by atoms with van der Waals surface area (Å²) in [7, 11) is 1.47. The summed E-state index contributed by atoms with van der Waals surface area (Å²) in [6, 6.07) is 10.2. The molecule has 0 radical (unpaired) electrons. The van der Waals surface area contributed by atoms with Crippen molar-refractivity contribution in [2.45, 2.75) is 0 Å². The van der Waals surface area contributed by atoms with Crippen molar-refractivity contribution < 1.29 is 14.3 Å². The molecule has 0 atom stereocenters. The van der Waals surface area contributed by atoms with E-state index >= 15 is 0 Å². The van der Waals surface area contributed by atoms with Crippen molar-refractivity contribution in [1.82, 2.24) is 4.98 Å². The molecule has 0 fully saturated rings. The van der Waals surface area contributed by atoms with E-state index in [0.717, 1.165) is 10.5 Å². The number of hydrogen-bond acceptors (Lipinski definition) is 2. The summed E-state index contributed by atoms with van der Waals surface area (Å²) in [5.41, 5.74) is 1.82. The van der Waals surface area contributed by atoms with Crippen LogP contribution in [0.5, 0.6) is 0 Å². The number of halogens is 1. The first-order valence-corrected chi connectivity index (χ1v) is 5.93. The summed E-state index contributed by atoms with van der Waals surface area (Å²) < 4.78 is 13.3. The average Bonchev–Trinajstić information content (AvgIpc) is 2.46. The van der Waals surface area contributed by atoms with Crippen LogP contribution in [0.3, 0.4) is 0 Å². The minimum Gasteiger partial charge on any atom is -0.465 e. The summed E-state index contributed by atoms with van der Waals surface area (Å²) in [5.74, 6) is -0.522. The summed E-state index contributed by atoms with van der Waals surface area (Å²) >= 11 is 0. The summed E-state index contributed by atoms with van der Waals surface area (Å²) in [6.45, 7) is 0. The Morgan fingerprint density at radius 3 is 2.55 bits per heavy atom. The molecule has 0 aliphatic rings. The Bertz CT molecular complexity index is 639. The number of rotatable bonds is 3. The molecule has 20 heavy (non-hydrogen) atoms. The third kappa shape index (κ3) is 3.20. The second-order valence-corrected chi connectivity index (χ2v) is 4.15. The number of carboxylic acid groups (broad SMARTS) is 1. The molecule has 102 valence electrons. The topological polar surface area (TPSA) is 53.4 Å². The van der Waals surface area contributed by atoms with Gasteiger partial charge in [0, 0.05) is 24.5 Å². The average molecular weight is 272 g/mol. The van der Waals surface area contributed by atoms with Gasteiger partial charge in [0.25, 0.3) is 0 Å². The molecule has 0 saturated heterocycles. The van der Waals surface area contributed by atoms with Crippen LogP contribution in [0.25, 0.3) is 12.2 Å². The number of benzene rings is 1. The Kier molecular flexibility index (Phi) is 4.10. The SMILES string of the molecule is CN(C(=O)O)c1ccc(/C=C/c2cccnc2F)cc1. The molecule has 1 N–H and O–H groups in total. The van der Waals surface area contributed by atoms with Gasteiger partial charge in [0.15, 0.2) is 0 Å². The van der Waals surface area contributed by atoms with Gasteiger partial charge in [0.2, 0.25) is 5.95 Å². The second-order valence-electron chi connectivity index (χ2n) is 4.15. The lowest BCUT2D eigenvalue weighted by Crippen LogP contribution is -2.23. The van der Waals surface area contributed by atoms with Crippen molar-refractivity contribution in [2.24, 2.45) is 0 Å². The Morgan fingerprint density at radius 2 is 1.95 bits per heavy atom. The first-order chi connectivity index (χ1) is 9.58. The van der Waals surface area contributed by atoms with Crippen molar-refractivity contribution >= 4 is 23.9 Å². The summed E-state index contributed by atoms with van der Waals surface area (Å²) in [6.07, 6.45) is 3.73. The lowest BCUT2D eigenvalue weighted by molar-refractivity contribution is 0.203. The standard InChI is InChI=1S/C15H13FN2O2/c1-18(15(19)20)13-8-5-11(6-9-13)4-7-12-3-2-10-17-14(12)16/h2-10H,1H3,(H,19,20)/b7-4+. The van der Waals surface area contributed by atoms with E-state index in [1.165, 1.54) is 13.2 Å². The smallest absolute Gasteiger partial charge is 0.411 e. The fraction of sp³-hybridized carbons (Fsp3) is 0.0667. The zero-order valence-electron chi connectivity index (χ0n) is 10.8. The number of carbonyl (C=O) groups is 1. The van der Waals surface area contributed by atoms with Crippen LogP contribution >= 0.6 is 0 Å². The summed E-state index contributed by atoms with van der Waals surface area (Å²) in [4.78, 5) is 15.5. The van der Waals surface area contributed by atoms with Crippen LogP contribution in [-0.4, -0.2) is 23.2 Å². The molecule has 4 nitrogen and oxygen atoms in total. The van der Waals surface area contributed by atoms with Crippen molar-refractivity contribution in [3.05, 3.63) is 59.7 Å². The van der Waals surface area contributed by atoms with E-state index in [-0.39, 0.29) is 0 Å². The maximum absolute atomic E-state index is 13.3. The van der Waals surface area contributed by atoms with Crippen LogP contribution in [0.4, 0.5) is 14.9 Å². The van der Waals surface area contributed by atoms with Gasteiger partial charge < -0.3 is 5.11 Å². The predicted octanol–water partition coefficient (Wildman–Crippen LogP) is 3.51. The van der Waals surface area contributed by atoms with Crippen LogP contribution < -0.4 is 4.90 Å². The highest BCUT2D eigenvalue weighted by molar-refractivity contribution is 5.85. The number of anilines is 1. The molecule has 2 aromatic rings. The molecule has 0 aliphatic heterocycles. The molecule has 0 saturated carbocycles. The van der Waals surface area contributed by atoms with Crippen LogP contribution in [-0.2, 0) is 0 Å². The first-order valence-electron chi connectivity index (χ1n) is 5.93. The molecule has 5 heteroatoms. The monoisotopic (exact) mass is 272 g/mol. The molecule has 1 amide bonds. The van der Waals surface area contributed by atoms with E-state index in [0.29, 0.717) is 11.3 Å². The first kappa shape index (κ1) is 13.7. The van der Waals surface area contributed by atoms with Gasteiger partial charge in [-0.2, -0.15) is 4.39 Å². The van der Waals surface area contributed by atoms with Crippen LogP contribution in [0, 0.1) is 5.95 Å². The van der Waals surface area contributed by atoms with Crippen LogP contribution in [0.15, 0.2) is 42.6 Å². The van der Waals surface area contributed by atoms with Gasteiger partial charge >= 0.3 is 6.09 Å². The lowest BCUT2D eigenvalue weighted by atomic mass is 10.1. The molecule has 0 bridgehead atoms. The molecule has 0 aliphatic carbocycles. The Labute approximate surface area is 115 Å². The number of aromatic nitrogens is 1. The maximum Gasteiger partial charge on any atom is 0.411 e. The van der Waals surface area contributed by atoms with E-state index in [4.69, 9.17) is 5.11 Å². The molecule has 0 spiro atoms. The molecular weight excluding hydrogens is 259 g/mol. The van der Waals surface area contributed by atoms with E-state index in [1.54, 1.807) is 48.6 Å². The Balaban J connectivity index is 2.15. The zero-order valence-corrected chi connectivity index (χ0v) is 10.8. The minimum absolute atomic E-state index is 0.402. The fourth-order valence-electron chi connectivity index (χ4n) is 1.63. The number of amides is 1. The van der Waals surface area contributed by atoms with Gasteiger partial charge in [-0.1, -0.05) is 18.2 Å². The van der Waals surface area contributed by atoms with Crippen molar-refractivity contribution in [3.63, 3.8) is 0 Å². The normalized spacial score (nSPS) is 10.7. The highest BCUT2D eigenvalue weighted by Crippen LogP contribution is 2.16. The number of nitrogens with zero attached hydrogens (tertiary/aromatic N) is 2. The lowest BCUT2D eigenvalue weighted by Gasteiger charge is -2.12. The van der Waals surface area contributed by atoms with Gasteiger partial charge in [-0.05, 0) is 35.9 Å². The van der Waals surface area contributed by atoms with E-state index in [2.05, 4.69) is 4.98 Å². The number of hydrogen-bond donors (Lipinski definition) is 1. The van der Waals surface area contributed by atoms with E-state index < -0.39 is 12.0 Å². The van der Waals surface area contributed by atoms with Crippen molar-refractivity contribution in [2.75, 3.05) is 11.9 Å². The van der Waals surface area contributed by atoms with Gasteiger partial charge in [0.05, 0.1) is 0 Å². The van der Waals surface area contributed by atoms with Gasteiger partial charge in [-0.25, -0.2) is 9.78 Å². The number of pyridine rings is 1. The third-order valence-corrected chi connectivity index (χ3v) is 2.81. The fourth-order valence-corrected chi connectivity index (χ4v) is 1.63. The molecule has 0 unspecified atom stereocenters. The molecular formula is C15H13FN2O2. The zero-order chi connectivity index (χ0) is 14.5. The van der Waals surface area contributed by atoms with Gasteiger partial charge in [-0.3, -0.25) is 4.90 Å². The largest absolute Gasteiger partial charge is 0.465 e. The van der Waals surface area contributed by atoms with Gasteiger partial charge in [0.1, 0.15) is 0 Å². The third-order valence-electron chi connectivity index (χ3n) is 2.81. The van der Waals surface area contributed by atoms with E-state index in [1.807, 2.05) is 0 Å². The molecule has 2 rings (SSSR count). The summed E-state index contributed by atoms with van der Waals surface area (Å²) in [5, 5.41) is 8.85. The predicted molar refractivity (Wildman–Crippen MR) is 76.0 cm³/mol. The second kappa shape index (κ2) is 5.97. The maximum atomic E-state index is 13.3. The quantitative estimate of drug-likeness (QED) is 0.870. The van der Waals surface area contributed by atoms with Gasteiger partial charge in [-0.15, -0.1) is 0 Å². The highest BCUT2D eigenvalue weighted by atomic mass is 19.1. The molecule has 1 aromatic heterocycles. The van der Waals surface area contributed by atoms with Crippen LogP contribution in [0.1, 0.15) is 11.1 Å². The van der Waals surface area contributed by atoms with Crippen molar-refractivity contribution in [3.8, 4) is 0 Å². The minimum atomic E-state index is -1.02. The van der Waals surface area contributed by atoms with Crippen LogP contribution in [0.2, 0.25) is 0 Å². The Morgan fingerprint density at radius 1 is 1.25 bits per heavy atom. The van der Waals surface area contributed by atoms with Crippen molar-refractivity contribution in [1.29, 1.82) is 0 Å². The molecule has 1 heterocycles. The highest BCUT2D eigenvalue weighted by Gasteiger charge is 2.07. The Hall–Kier alpha value is -2.69.